The van der Waals surface area contributed by atoms with E-state index in [1.807, 2.05) is 49.2 Å². The number of aromatic nitrogens is 4. The van der Waals surface area contributed by atoms with Crippen LogP contribution in [0.5, 0.6) is 0 Å². The quantitative estimate of drug-likeness (QED) is 0.806. The number of hydrogen-bond acceptors (Lipinski definition) is 3. The van der Waals surface area contributed by atoms with Gasteiger partial charge < -0.3 is 14.5 Å². The molecule has 1 atom stereocenters. The molecule has 1 saturated heterocycles. The first-order chi connectivity index (χ1) is 11.6. The number of carbonyl (C=O) groups is 1. The molecule has 0 saturated carbocycles. The molecule has 1 N–H and O–H groups in total. The lowest BCUT2D eigenvalue weighted by Gasteiger charge is -2.18. The highest BCUT2D eigenvalue weighted by molar-refractivity contribution is 5.96. The zero-order valence-corrected chi connectivity index (χ0v) is 13.7. The van der Waals surface area contributed by atoms with Crippen LogP contribution in [0.3, 0.4) is 0 Å². The molecule has 1 aromatic carbocycles. The third-order valence-electron chi connectivity index (χ3n) is 4.55. The normalized spacial score (nSPS) is 17.7. The van der Waals surface area contributed by atoms with Gasteiger partial charge in [-0.25, -0.2) is 9.97 Å². The second-order valence-corrected chi connectivity index (χ2v) is 6.23. The molecule has 1 fully saturated rings. The van der Waals surface area contributed by atoms with Gasteiger partial charge in [0.2, 0.25) is 5.91 Å². The van der Waals surface area contributed by atoms with E-state index < -0.39 is 0 Å². The van der Waals surface area contributed by atoms with Crippen LogP contribution in [0.2, 0.25) is 0 Å². The van der Waals surface area contributed by atoms with Gasteiger partial charge in [-0.1, -0.05) is 17.7 Å². The van der Waals surface area contributed by atoms with Crippen LogP contribution in [0.4, 0.5) is 5.69 Å². The molecule has 0 radical (unpaired) electrons. The fraction of sp³-hybridized carbons (Fsp3) is 0.278. The summed E-state index contributed by atoms with van der Waals surface area (Å²) < 4.78 is 2.06. The molecule has 4 rings (SSSR count). The van der Waals surface area contributed by atoms with Gasteiger partial charge in [0.25, 0.3) is 0 Å². The minimum Gasteiger partial charge on any atom is -0.348 e. The molecule has 0 unspecified atom stereocenters. The van der Waals surface area contributed by atoms with Crippen molar-refractivity contribution in [2.45, 2.75) is 26.3 Å². The Morgan fingerprint density at radius 2 is 1.96 bits per heavy atom. The molecule has 2 aromatic heterocycles. The maximum absolute atomic E-state index is 12.5. The molecule has 6 heteroatoms. The number of carbonyl (C=O) groups excluding carboxylic acids is 1. The van der Waals surface area contributed by atoms with Gasteiger partial charge in [0, 0.05) is 36.7 Å². The number of aryl methyl sites for hydroxylation is 2. The molecule has 3 aromatic rings. The molecular formula is C18H19N5O. The van der Waals surface area contributed by atoms with Gasteiger partial charge in [0.05, 0.1) is 12.4 Å². The van der Waals surface area contributed by atoms with E-state index in [1.165, 1.54) is 5.56 Å². The van der Waals surface area contributed by atoms with Crippen molar-refractivity contribution in [3.63, 3.8) is 0 Å². The lowest BCUT2D eigenvalue weighted by Crippen LogP contribution is -2.24. The Morgan fingerprint density at radius 1 is 1.17 bits per heavy atom. The lowest BCUT2D eigenvalue weighted by molar-refractivity contribution is -0.117. The Hall–Kier alpha value is -2.89. The van der Waals surface area contributed by atoms with Gasteiger partial charge in [-0.2, -0.15) is 0 Å². The fourth-order valence-electron chi connectivity index (χ4n) is 3.22. The van der Waals surface area contributed by atoms with Crippen molar-refractivity contribution < 1.29 is 4.79 Å². The number of rotatable bonds is 3. The molecule has 6 nitrogen and oxygen atoms in total. The molecule has 0 bridgehead atoms. The third kappa shape index (κ3) is 2.40. The Labute approximate surface area is 140 Å². The topological polar surface area (TPSA) is 66.8 Å². The summed E-state index contributed by atoms with van der Waals surface area (Å²) in [6, 6.07) is 8.13. The van der Waals surface area contributed by atoms with E-state index >= 15 is 0 Å². The number of H-pyrrole nitrogens is 1. The summed E-state index contributed by atoms with van der Waals surface area (Å²) in [6.07, 6.45) is 5.84. The average Bonchev–Trinajstić information content (AvgIpc) is 3.27. The Bertz CT molecular complexity index is 877. The first-order valence-electron chi connectivity index (χ1n) is 8.03. The van der Waals surface area contributed by atoms with Gasteiger partial charge in [-0.05, 0) is 26.0 Å². The Morgan fingerprint density at radius 3 is 2.67 bits per heavy atom. The van der Waals surface area contributed by atoms with Crippen molar-refractivity contribution in [1.29, 1.82) is 0 Å². The van der Waals surface area contributed by atoms with Crippen LogP contribution >= 0.6 is 0 Å². The largest absolute Gasteiger partial charge is 0.348 e. The van der Waals surface area contributed by atoms with E-state index in [0.717, 1.165) is 22.9 Å². The van der Waals surface area contributed by atoms with Gasteiger partial charge in [-0.15, -0.1) is 0 Å². The summed E-state index contributed by atoms with van der Waals surface area (Å²) in [5.41, 5.74) is 3.95. The maximum Gasteiger partial charge on any atom is 0.229 e. The fourth-order valence-corrected chi connectivity index (χ4v) is 3.22. The first-order valence-corrected chi connectivity index (χ1v) is 8.03. The zero-order chi connectivity index (χ0) is 16.7. The Kier molecular flexibility index (Phi) is 3.45. The van der Waals surface area contributed by atoms with E-state index in [2.05, 4.69) is 19.5 Å². The SMILES string of the molecule is Cc1ccc(N2C[C@@H](n3ccnc3-c3nc[nH]c3C)CC2=O)cc1. The van der Waals surface area contributed by atoms with E-state index in [0.29, 0.717) is 13.0 Å². The number of anilines is 1. The van der Waals surface area contributed by atoms with Crippen molar-refractivity contribution >= 4 is 11.6 Å². The van der Waals surface area contributed by atoms with E-state index in [-0.39, 0.29) is 11.9 Å². The highest BCUT2D eigenvalue weighted by atomic mass is 16.2. The van der Waals surface area contributed by atoms with Crippen molar-refractivity contribution in [3.8, 4) is 11.5 Å². The van der Waals surface area contributed by atoms with Crippen molar-refractivity contribution in [2.24, 2.45) is 0 Å². The molecule has 3 heterocycles. The van der Waals surface area contributed by atoms with Crippen LogP contribution in [0.1, 0.15) is 23.7 Å². The minimum atomic E-state index is 0.0624. The smallest absolute Gasteiger partial charge is 0.229 e. The van der Waals surface area contributed by atoms with Gasteiger partial charge in [0.15, 0.2) is 5.82 Å². The van der Waals surface area contributed by atoms with Crippen LogP contribution in [0, 0.1) is 13.8 Å². The molecule has 24 heavy (non-hydrogen) atoms. The number of imidazole rings is 2. The summed E-state index contributed by atoms with van der Waals surface area (Å²) in [7, 11) is 0. The summed E-state index contributed by atoms with van der Waals surface area (Å²) in [4.78, 5) is 26.2. The summed E-state index contributed by atoms with van der Waals surface area (Å²) in [5, 5.41) is 0. The van der Waals surface area contributed by atoms with Crippen LogP contribution < -0.4 is 4.90 Å². The number of nitrogens with one attached hydrogen (secondary N) is 1. The van der Waals surface area contributed by atoms with Gasteiger partial charge in [-0.3, -0.25) is 4.79 Å². The Balaban J connectivity index is 1.63. The molecule has 122 valence electrons. The highest BCUT2D eigenvalue weighted by Crippen LogP contribution is 2.31. The second-order valence-electron chi connectivity index (χ2n) is 6.23. The molecule has 1 amide bonds. The third-order valence-corrected chi connectivity index (χ3v) is 4.55. The minimum absolute atomic E-state index is 0.0624. The van der Waals surface area contributed by atoms with Crippen LogP contribution in [-0.4, -0.2) is 32.0 Å². The van der Waals surface area contributed by atoms with Gasteiger partial charge in [0.1, 0.15) is 5.69 Å². The molecule has 1 aliphatic heterocycles. The van der Waals surface area contributed by atoms with Crippen molar-refractivity contribution in [3.05, 3.63) is 54.2 Å². The predicted molar refractivity (Wildman–Crippen MR) is 91.7 cm³/mol. The monoisotopic (exact) mass is 321 g/mol. The predicted octanol–water partition coefficient (Wildman–Crippen LogP) is 2.87. The average molecular weight is 321 g/mol. The first kappa shape index (κ1) is 14.7. The van der Waals surface area contributed by atoms with E-state index in [1.54, 1.807) is 12.5 Å². The maximum atomic E-state index is 12.5. The molecule has 0 aliphatic carbocycles. The highest BCUT2D eigenvalue weighted by Gasteiger charge is 2.33. The zero-order valence-electron chi connectivity index (χ0n) is 13.7. The van der Waals surface area contributed by atoms with Gasteiger partial charge >= 0.3 is 0 Å². The molecular weight excluding hydrogens is 302 g/mol. The van der Waals surface area contributed by atoms with E-state index in [9.17, 15) is 4.79 Å². The number of nitrogens with zero attached hydrogens (tertiary/aromatic N) is 4. The lowest BCUT2D eigenvalue weighted by atomic mass is 10.2. The number of benzene rings is 1. The van der Waals surface area contributed by atoms with E-state index in [4.69, 9.17) is 0 Å². The number of hydrogen-bond donors (Lipinski definition) is 1. The summed E-state index contributed by atoms with van der Waals surface area (Å²) in [6.45, 7) is 4.66. The number of aromatic amines is 1. The van der Waals surface area contributed by atoms with Crippen molar-refractivity contribution in [2.75, 3.05) is 11.4 Å². The summed E-state index contributed by atoms with van der Waals surface area (Å²) >= 11 is 0. The van der Waals surface area contributed by atoms with Crippen molar-refractivity contribution in [1.82, 2.24) is 19.5 Å². The van der Waals surface area contributed by atoms with Crippen LogP contribution in [-0.2, 0) is 4.79 Å². The van der Waals surface area contributed by atoms with Crippen LogP contribution in [0.15, 0.2) is 43.0 Å². The number of amides is 1. The summed E-state index contributed by atoms with van der Waals surface area (Å²) in [5.74, 6) is 0.944. The molecule has 0 spiro atoms. The standard InChI is InChI=1S/C18H19N5O/c1-12-3-5-14(6-4-12)23-10-15(9-16(23)24)22-8-7-19-18(22)17-13(2)20-11-21-17/h3-8,11,15H,9-10H2,1-2H3,(H,20,21)/t15-/m0/s1. The van der Waals surface area contributed by atoms with Crippen LogP contribution in [0.25, 0.3) is 11.5 Å². The second kappa shape index (κ2) is 5.63. The molecule has 1 aliphatic rings.